The van der Waals surface area contributed by atoms with Gasteiger partial charge in [-0.3, -0.25) is 4.79 Å². The van der Waals surface area contributed by atoms with E-state index in [2.05, 4.69) is 5.32 Å². The van der Waals surface area contributed by atoms with E-state index < -0.39 is 5.41 Å². The van der Waals surface area contributed by atoms with Crippen LogP contribution < -0.4 is 5.32 Å². The number of rotatable bonds is 3. The van der Waals surface area contributed by atoms with Gasteiger partial charge in [0, 0.05) is 6.04 Å². The van der Waals surface area contributed by atoms with E-state index in [-0.39, 0.29) is 12.5 Å². The molecule has 0 aliphatic heterocycles. The highest BCUT2D eigenvalue weighted by Crippen LogP contribution is 2.20. The first kappa shape index (κ1) is 10.5. The average Bonchev–Trinajstić information content (AvgIpc) is 2.57. The number of aliphatic hydroxyl groups is 1. The summed E-state index contributed by atoms with van der Waals surface area (Å²) in [5.41, 5.74) is -0.636. The van der Waals surface area contributed by atoms with Gasteiger partial charge in [-0.15, -0.1) is 0 Å². The molecule has 13 heavy (non-hydrogen) atoms. The standard InChI is InChI=1S/C10H19NO2/c1-10(2,7-12)9(13)11-8-5-3-4-6-8/h8,12H,3-7H2,1-2H3,(H,11,13). The average molecular weight is 185 g/mol. The molecule has 1 fully saturated rings. The third-order valence-corrected chi connectivity index (χ3v) is 2.70. The first-order valence-electron chi connectivity index (χ1n) is 4.98. The Bertz CT molecular complexity index is 183. The van der Waals surface area contributed by atoms with Crippen LogP contribution in [0.25, 0.3) is 0 Å². The predicted octanol–water partition coefficient (Wildman–Crippen LogP) is 1.06. The Morgan fingerprint density at radius 3 is 2.46 bits per heavy atom. The monoisotopic (exact) mass is 185 g/mol. The molecule has 3 nitrogen and oxygen atoms in total. The Labute approximate surface area is 79.5 Å². The second-order valence-corrected chi connectivity index (χ2v) is 4.50. The fourth-order valence-electron chi connectivity index (χ4n) is 1.52. The molecule has 2 N–H and O–H groups in total. The molecule has 0 aromatic rings. The molecule has 0 aromatic heterocycles. The largest absolute Gasteiger partial charge is 0.395 e. The SMILES string of the molecule is CC(C)(CO)C(=O)NC1CCCC1. The molecule has 1 amide bonds. The van der Waals surface area contributed by atoms with Gasteiger partial charge in [0.05, 0.1) is 12.0 Å². The van der Waals surface area contributed by atoms with Crippen molar-refractivity contribution in [3.63, 3.8) is 0 Å². The van der Waals surface area contributed by atoms with Crippen molar-refractivity contribution in [2.24, 2.45) is 5.41 Å². The second kappa shape index (κ2) is 4.09. The number of carbonyl (C=O) groups is 1. The zero-order chi connectivity index (χ0) is 9.90. The topological polar surface area (TPSA) is 49.3 Å². The molecule has 0 aromatic carbocycles. The normalized spacial score (nSPS) is 19.0. The highest BCUT2D eigenvalue weighted by molar-refractivity contribution is 5.82. The Morgan fingerprint density at radius 1 is 1.46 bits per heavy atom. The van der Waals surface area contributed by atoms with Gasteiger partial charge in [0.15, 0.2) is 0 Å². The summed E-state index contributed by atoms with van der Waals surface area (Å²) < 4.78 is 0. The van der Waals surface area contributed by atoms with E-state index in [1.807, 2.05) is 0 Å². The molecule has 0 heterocycles. The van der Waals surface area contributed by atoms with Crippen LogP contribution in [0.2, 0.25) is 0 Å². The fourth-order valence-corrected chi connectivity index (χ4v) is 1.52. The molecule has 1 aliphatic rings. The van der Waals surface area contributed by atoms with Gasteiger partial charge >= 0.3 is 0 Å². The van der Waals surface area contributed by atoms with Crippen LogP contribution in [0.3, 0.4) is 0 Å². The van der Waals surface area contributed by atoms with Crippen molar-refractivity contribution < 1.29 is 9.90 Å². The lowest BCUT2D eigenvalue weighted by Gasteiger charge is -2.23. The van der Waals surface area contributed by atoms with Crippen LogP contribution in [-0.2, 0) is 4.79 Å². The summed E-state index contributed by atoms with van der Waals surface area (Å²) in [6, 6.07) is 0.346. The van der Waals surface area contributed by atoms with Crippen molar-refractivity contribution in [1.82, 2.24) is 5.32 Å². The molecule has 0 atom stereocenters. The van der Waals surface area contributed by atoms with E-state index >= 15 is 0 Å². The van der Waals surface area contributed by atoms with Crippen molar-refractivity contribution in [2.45, 2.75) is 45.6 Å². The summed E-state index contributed by atoms with van der Waals surface area (Å²) in [4.78, 5) is 11.6. The number of amides is 1. The van der Waals surface area contributed by atoms with E-state index in [4.69, 9.17) is 5.11 Å². The van der Waals surface area contributed by atoms with Crippen molar-refractivity contribution in [1.29, 1.82) is 0 Å². The maximum atomic E-state index is 11.6. The van der Waals surface area contributed by atoms with E-state index in [9.17, 15) is 4.79 Å². The number of hydrogen-bond acceptors (Lipinski definition) is 2. The quantitative estimate of drug-likeness (QED) is 0.691. The summed E-state index contributed by atoms with van der Waals surface area (Å²) in [6.45, 7) is 3.43. The minimum atomic E-state index is -0.636. The van der Waals surface area contributed by atoms with Crippen molar-refractivity contribution in [3.8, 4) is 0 Å². The van der Waals surface area contributed by atoms with Crippen LogP contribution in [0.4, 0.5) is 0 Å². The van der Waals surface area contributed by atoms with Crippen LogP contribution in [0.15, 0.2) is 0 Å². The Kier molecular flexibility index (Phi) is 3.31. The molecule has 0 saturated heterocycles. The first-order chi connectivity index (χ1) is 6.06. The number of hydrogen-bond donors (Lipinski definition) is 2. The molecule has 0 radical (unpaired) electrons. The minimum Gasteiger partial charge on any atom is -0.395 e. The van der Waals surface area contributed by atoms with Crippen LogP contribution in [0.5, 0.6) is 0 Å². The molecule has 0 spiro atoms. The summed E-state index contributed by atoms with van der Waals surface area (Å²) in [7, 11) is 0. The van der Waals surface area contributed by atoms with Gasteiger partial charge in [0.2, 0.25) is 5.91 Å². The van der Waals surface area contributed by atoms with Crippen LogP contribution in [0, 0.1) is 5.41 Å². The van der Waals surface area contributed by atoms with Crippen LogP contribution >= 0.6 is 0 Å². The molecule has 3 heteroatoms. The summed E-state index contributed by atoms with van der Waals surface area (Å²) >= 11 is 0. The highest BCUT2D eigenvalue weighted by Gasteiger charge is 2.29. The van der Waals surface area contributed by atoms with Crippen LogP contribution in [0.1, 0.15) is 39.5 Å². The lowest BCUT2D eigenvalue weighted by molar-refractivity contribution is -0.132. The van der Waals surface area contributed by atoms with E-state index in [0.29, 0.717) is 6.04 Å². The second-order valence-electron chi connectivity index (χ2n) is 4.50. The third-order valence-electron chi connectivity index (χ3n) is 2.70. The zero-order valence-electron chi connectivity index (χ0n) is 8.47. The van der Waals surface area contributed by atoms with Gasteiger partial charge in [0.1, 0.15) is 0 Å². The highest BCUT2D eigenvalue weighted by atomic mass is 16.3. The van der Waals surface area contributed by atoms with Gasteiger partial charge < -0.3 is 10.4 Å². The Hall–Kier alpha value is -0.570. The molecule has 0 bridgehead atoms. The molecule has 1 rings (SSSR count). The summed E-state index contributed by atoms with van der Waals surface area (Å²) in [6.07, 6.45) is 4.61. The number of carbonyl (C=O) groups excluding carboxylic acids is 1. The fraction of sp³-hybridized carbons (Fsp3) is 0.900. The lowest BCUT2D eigenvalue weighted by Crippen LogP contribution is -2.43. The zero-order valence-corrected chi connectivity index (χ0v) is 8.47. The van der Waals surface area contributed by atoms with Gasteiger partial charge in [-0.05, 0) is 26.7 Å². The molecule has 1 saturated carbocycles. The van der Waals surface area contributed by atoms with Crippen molar-refractivity contribution >= 4 is 5.91 Å². The first-order valence-corrected chi connectivity index (χ1v) is 4.98. The van der Waals surface area contributed by atoms with Gasteiger partial charge in [-0.1, -0.05) is 12.8 Å². The third kappa shape index (κ3) is 2.69. The van der Waals surface area contributed by atoms with Gasteiger partial charge in [0.25, 0.3) is 0 Å². The molecule has 0 unspecified atom stereocenters. The van der Waals surface area contributed by atoms with Crippen molar-refractivity contribution in [3.05, 3.63) is 0 Å². The molecular formula is C10H19NO2. The summed E-state index contributed by atoms with van der Waals surface area (Å²) in [5, 5.41) is 11.9. The molecular weight excluding hydrogens is 166 g/mol. The Morgan fingerprint density at radius 2 is 2.00 bits per heavy atom. The van der Waals surface area contributed by atoms with Crippen molar-refractivity contribution in [2.75, 3.05) is 6.61 Å². The van der Waals surface area contributed by atoms with Gasteiger partial charge in [-0.25, -0.2) is 0 Å². The van der Waals surface area contributed by atoms with Gasteiger partial charge in [-0.2, -0.15) is 0 Å². The lowest BCUT2D eigenvalue weighted by atomic mass is 9.93. The predicted molar refractivity (Wildman–Crippen MR) is 51.3 cm³/mol. The number of aliphatic hydroxyl groups excluding tert-OH is 1. The van der Waals surface area contributed by atoms with E-state index in [1.54, 1.807) is 13.8 Å². The maximum Gasteiger partial charge on any atom is 0.228 e. The van der Waals surface area contributed by atoms with Crippen LogP contribution in [-0.4, -0.2) is 23.7 Å². The minimum absolute atomic E-state index is 0.0260. The molecule has 1 aliphatic carbocycles. The smallest absolute Gasteiger partial charge is 0.228 e. The number of nitrogens with one attached hydrogen (secondary N) is 1. The van der Waals surface area contributed by atoms with E-state index in [1.165, 1.54) is 12.8 Å². The van der Waals surface area contributed by atoms with E-state index in [0.717, 1.165) is 12.8 Å². The Balaban J connectivity index is 2.39. The summed E-state index contributed by atoms with van der Waals surface area (Å²) in [5.74, 6) is -0.0260. The maximum absolute atomic E-state index is 11.6. The molecule has 76 valence electrons.